The molecule has 0 spiro atoms. The molecule has 7 nitrogen and oxygen atoms in total. The zero-order chi connectivity index (χ0) is 12.8. The zero-order valence-corrected chi connectivity index (χ0v) is 9.79. The Hall–Kier alpha value is -2.57. The van der Waals surface area contributed by atoms with Crippen molar-refractivity contribution in [3.8, 4) is 0 Å². The van der Waals surface area contributed by atoms with E-state index < -0.39 is 0 Å². The van der Waals surface area contributed by atoms with Crippen molar-refractivity contribution >= 4 is 17.5 Å². The van der Waals surface area contributed by atoms with Crippen LogP contribution < -0.4 is 10.6 Å². The van der Waals surface area contributed by atoms with Gasteiger partial charge in [-0.25, -0.2) is 4.98 Å². The first-order valence-electron chi connectivity index (χ1n) is 5.44. The molecule has 0 fully saturated rings. The summed E-state index contributed by atoms with van der Waals surface area (Å²) in [5, 5.41) is 13.0. The highest BCUT2D eigenvalue weighted by Crippen LogP contribution is 2.05. The third-order valence-electron chi connectivity index (χ3n) is 2.04. The number of carbonyl (C=O) groups is 1. The number of carbonyl (C=O) groups excluding carboxylic acids is 1. The summed E-state index contributed by atoms with van der Waals surface area (Å²) in [5.74, 6) is 0.560. The molecule has 2 heterocycles. The van der Waals surface area contributed by atoms with Crippen LogP contribution >= 0.6 is 0 Å². The van der Waals surface area contributed by atoms with Gasteiger partial charge >= 0.3 is 0 Å². The maximum atomic E-state index is 11.9. The van der Waals surface area contributed by atoms with Crippen LogP contribution in [0.5, 0.6) is 0 Å². The van der Waals surface area contributed by atoms with E-state index in [0.717, 1.165) is 0 Å². The van der Waals surface area contributed by atoms with Gasteiger partial charge in [-0.15, -0.1) is 5.10 Å². The molecule has 0 atom stereocenters. The second-order valence-corrected chi connectivity index (χ2v) is 3.38. The van der Waals surface area contributed by atoms with Crippen LogP contribution in [0.2, 0.25) is 0 Å². The lowest BCUT2D eigenvalue weighted by molar-refractivity contribution is 0.102. The highest BCUT2D eigenvalue weighted by Gasteiger charge is 2.09. The number of rotatable bonds is 4. The molecular formula is C11H12N6O. The van der Waals surface area contributed by atoms with Gasteiger partial charge in [0, 0.05) is 12.7 Å². The van der Waals surface area contributed by atoms with Crippen LogP contribution in [-0.4, -0.2) is 32.6 Å². The molecule has 0 aliphatic carbocycles. The molecule has 92 valence electrons. The first-order chi connectivity index (χ1) is 8.79. The van der Waals surface area contributed by atoms with E-state index in [1.165, 1.54) is 12.4 Å². The normalized spacial score (nSPS) is 9.83. The molecular weight excluding hydrogens is 232 g/mol. The van der Waals surface area contributed by atoms with Crippen molar-refractivity contribution in [3.05, 3.63) is 36.4 Å². The number of aromatic nitrogens is 4. The smallest absolute Gasteiger partial charge is 0.277 e. The second kappa shape index (κ2) is 5.67. The molecule has 18 heavy (non-hydrogen) atoms. The Morgan fingerprint density at radius 3 is 2.94 bits per heavy atom. The van der Waals surface area contributed by atoms with Gasteiger partial charge in [-0.3, -0.25) is 9.78 Å². The van der Waals surface area contributed by atoms with Crippen LogP contribution in [0, 0.1) is 0 Å². The van der Waals surface area contributed by atoms with Crippen LogP contribution in [0.15, 0.2) is 30.7 Å². The summed E-state index contributed by atoms with van der Waals surface area (Å²) in [4.78, 5) is 19.9. The van der Waals surface area contributed by atoms with Gasteiger partial charge in [-0.05, 0) is 19.1 Å². The lowest BCUT2D eigenvalue weighted by atomic mass is 10.4. The highest BCUT2D eigenvalue weighted by atomic mass is 16.2. The fourth-order valence-corrected chi connectivity index (χ4v) is 1.29. The first kappa shape index (κ1) is 11.9. The molecule has 0 aliphatic rings. The molecule has 2 N–H and O–H groups in total. The molecule has 0 aromatic carbocycles. The molecule has 7 heteroatoms. The van der Waals surface area contributed by atoms with Gasteiger partial charge in [-0.1, -0.05) is 0 Å². The van der Waals surface area contributed by atoms with Gasteiger partial charge in [0.15, 0.2) is 5.82 Å². The summed E-state index contributed by atoms with van der Waals surface area (Å²) in [7, 11) is 0. The maximum absolute atomic E-state index is 11.9. The molecule has 0 unspecified atom stereocenters. The van der Waals surface area contributed by atoms with Gasteiger partial charge in [0.2, 0.25) is 0 Å². The average molecular weight is 244 g/mol. The van der Waals surface area contributed by atoms with Crippen LogP contribution in [0.3, 0.4) is 0 Å². The Balaban J connectivity index is 2.11. The summed E-state index contributed by atoms with van der Waals surface area (Å²) < 4.78 is 0. The predicted octanol–water partition coefficient (Wildman–Crippen LogP) is 0.951. The molecule has 0 bridgehead atoms. The maximum Gasteiger partial charge on any atom is 0.277 e. The van der Waals surface area contributed by atoms with E-state index in [-0.39, 0.29) is 11.6 Å². The number of amides is 1. The number of hydrogen-bond acceptors (Lipinski definition) is 6. The largest absolute Gasteiger partial charge is 0.369 e. The van der Waals surface area contributed by atoms with Gasteiger partial charge in [0.05, 0.1) is 12.4 Å². The third kappa shape index (κ3) is 2.97. The first-order valence-corrected chi connectivity index (χ1v) is 5.44. The second-order valence-electron chi connectivity index (χ2n) is 3.38. The molecule has 2 rings (SSSR count). The Labute approximate surface area is 104 Å². The average Bonchev–Trinajstić information content (AvgIpc) is 2.40. The molecule has 2 aromatic rings. The van der Waals surface area contributed by atoms with E-state index in [1.54, 1.807) is 18.3 Å². The number of anilines is 2. The van der Waals surface area contributed by atoms with Crippen molar-refractivity contribution in [2.75, 3.05) is 17.2 Å². The summed E-state index contributed by atoms with van der Waals surface area (Å²) in [5.41, 5.74) is 0.221. The van der Waals surface area contributed by atoms with Crippen molar-refractivity contribution in [3.63, 3.8) is 0 Å². The van der Waals surface area contributed by atoms with Crippen LogP contribution in [0.25, 0.3) is 0 Å². The van der Waals surface area contributed by atoms with Crippen molar-refractivity contribution in [2.45, 2.75) is 6.92 Å². The fraction of sp³-hybridized carbons (Fsp3) is 0.182. The van der Waals surface area contributed by atoms with E-state index in [2.05, 4.69) is 30.8 Å². The minimum Gasteiger partial charge on any atom is -0.369 e. The number of nitrogens with one attached hydrogen (secondary N) is 2. The Morgan fingerprint density at radius 1 is 1.33 bits per heavy atom. The van der Waals surface area contributed by atoms with Crippen LogP contribution in [0.4, 0.5) is 11.6 Å². The van der Waals surface area contributed by atoms with E-state index >= 15 is 0 Å². The van der Waals surface area contributed by atoms with Gasteiger partial charge in [-0.2, -0.15) is 5.10 Å². The Kier molecular flexibility index (Phi) is 3.75. The van der Waals surface area contributed by atoms with Gasteiger partial charge in [0.1, 0.15) is 11.5 Å². The lowest BCUT2D eigenvalue weighted by Crippen LogP contribution is -2.16. The highest BCUT2D eigenvalue weighted by molar-refractivity contribution is 6.02. The Bertz CT molecular complexity index is 530. The molecule has 2 aromatic heterocycles. The molecule has 0 saturated carbocycles. The fourth-order valence-electron chi connectivity index (χ4n) is 1.29. The Morgan fingerprint density at radius 2 is 2.22 bits per heavy atom. The van der Waals surface area contributed by atoms with E-state index in [4.69, 9.17) is 0 Å². The van der Waals surface area contributed by atoms with Gasteiger partial charge in [0.25, 0.3) is 5.91 Å². The molecule has 0 radical (unpaired) electrons. The monoisotopic (exact) mass is 244 g/mol. The van der Waals surface area contributed by atoms with Crippen molar-refractivity contribution in [1.82, 2.24) is 20.2 Å². The van der Waals surface area contributed by atoms with E-state index in [9.17, 15) is 4.79 Å². The van der Waals surface area contributed by atoms with Gasteiger partial charge < -0.3 is 10.6 Å². The van der Waals surface area contributed by atoms with Crippen molar-refractivity contribution in [1.29, 1.82) is 0 Å². The van der Waals surface area contributed by atoms with Crippen LogP contribution in [-0.2, 0) is 0 Å². The molecule has 0 aliphatic heterocycles. The SMILES string of the molecule is CCNc1cncc(C(=O)Nc2cccnn2)n1. The summed E-state index contributed by atoms with van der Waals surface area (Å²) in [6, 6.07) is 3.33. The lowest BCUT2D eigenvalue weighted by Gasteiger charge is -2.05. The van der Waals surface area contributed by atoms with Crippen LogP contribution in [0.1, 0.15) is 17.4 Å². The summed E-state index contributed by atoms with van der Waals surface area (Å²) >= 11 is 0. The molecule has 0 saturated heterocycles. The minimum atomic E-state index is -0.372. The quantitative estimate of drug-likeness (QED) is 0.831. The number of hydrogen-bond donors (Lipinski definition) is 2. The molecule has 1 amide bonds. The topological polar surface area (TPSA) is 92.7 Å². The minimum absolute atomic E-state index is 0.221. The van der Waals surface area contributed by atoms with E-state index in [0.29, 0.717) is 18.2 Å². The van der Waals surface area contributed by atoms with E-state index in [1.807, 2.05) is 6.92 Å². The third-order valence-corrected chi connectivity index (χ3v) is 2.04. The zero-order valence-electron chi connectivity index (χ0n) is 9.79. The summed E-state index contributed by atoms with van der Waals surface area (Å²) in [6.07, 6.45) is 4.48. The predicted molar refractivity (Wildman–Crippen MR) is 66.2 cm³/mol. The summed E-state index contributed by atoms with van der Waals surface area (Å²) in [6.45, 7) is 2.65. The van der Waals surface area contributed by atoms with Crippen molar-refractivity contribution < 1.29 is 4.79 Å². The number of nitrogens with zero attached hydrogens (tertiary/aromatic N) is 4. The standard InChI is InChI=1S/C11H12N6O/c1-2-13-10-7-12-6-8(15-10)11(18)16-9-4-3-5-14-17-9/h3-7H,2H2,1H3,(H,13,15)(H,16,17,18). The van der Waals surface area contributed by atoms with Crippen molar-refractivity contribution in [2.24, 2.45) is 0 Å².